The lowest BCUT2D eigenvalue weighted by atomic mass is 10.4. The first-order valence-corrected chi connectivity index (χ1v) is 4.64. The number of nitrogens with two attached hydrogens (primary N) is 1. The normalized spacial score (nSPS) is 13.2. The highest BCUT2D eigenvalue weighted by atomic mass is 16.3. The summed E-state index contributed by atoms with van der Waals surface area (Å²) in [6, 6.07) is 0.261. The highest BCUT2D eigenvalue weighted by Gasteiger charge is 2.08. The maximum absolute atomic E-state index is 9.16. The number of aliphatic hydroxyl groups is 1. The van der Waals surface area contributed by atoms with Crippen molar-refractivity contribution in [3.8, 4) is 0 Å². The Bertz CT molecular complexity index is 294. The molecule has 0 fully saturated rings. The van der Waals surface area contributed by atoms with Crippen molar-refractivity contribution in [2.75, 3.05) is 11.1 Å². The van der Waals surface area contributed by atoms with E-state index in [0.29, 0.717) is 18.4 Å². The van der Waals surface area contributed by atoms with Crippen LogP contribution in [0.2, 0.25) is 0 Å². The summed E-state index contributed by atoms with van der Waals surface area (Å²) < 4.78 is 1.48. The number of hydrogen-bond acceptors (Lipinski definition) is 5. The zero-order chi connectivity index (χ0) is 10.7. The Balaban J connectivity index is 2.72. The van der Waals surface area contributed by atoms with Gasteiger partial charge in [-0.2, -0.15) is 4.98 Å². The smallest absolute Gasteiger partial charge is 0.244 e. The van der Waals surface area contributed by atoms with Crippen molar-refractivity contribution >= 4 is 11.9 Å². The Morgan fingerprint density at radius 1 is 1.50 bits per heavy atom. The molecule has 1 aromatic heterocycles. The van der Waals surface area contributed by atoms with Crippen molar-refractivity contribution < 1.29 is 5.11 Å². The molecular formula is C8H17N5O. The predicted octanol–water partition coefficient (Wildman–Crippen LogP) is 0.0614. The Kier molecular flexibility index (Phi) is 3.29. The second-order valence-electron chi connectivity index (χ2n) is 3.62. The minimum atomic E-state index is -0.481. The Morgan fingerprint density at radius 3 is 2.64 bits per heavy atom. The highest BCUT2D eigenvalue weighted by Crippen LogP contribution is 2.06. The lowest BCUT2D eigenvalue weighted by Crippen LogP contribution is -2.15. The van der Waals surface area contributed by atoms with Crippen molar-refractivity contribution in [1.82, 2.24) is 14.8 Å². The van der Waals surface area contributed by atoms with Crippen LogP contribution in [0.4, 0.5) is 11.9 Å². The molecule has 0 saturated heterocycles. The number of rotatable bonds is 4. The molecule has 0 aromatic carbocycles. The molecule has 6 heteroatoms. The summed E-state index contributed by atoms with van der Waals surface area (Å²) in [5.74, 6) is 0.812. The molecule has 0 bridgehead atoms. The molecule has 4 N–H and O–H groups in total. The molecule has 0 aliphatic heterocycles. The molecular weight excluding hydrogens is 182 g/mol. The largest absolute Gasteiger partial charge is 0.391 e. The van der Waals surface area contributed by atoms with Crippen LogP contribution in [0.25, 0.3) is 0 Å². The van der Waals surface area contributed by atoms with Gasteiger partial charge in [0.25, 0.3) is 0 Å². The molecule has 0 spiro atoms. The number of aromatic nitrogens is 3. The third-order valence-corrected chi connectivity index (χ3v) is 1.56. The van der Waals surface area contributed by atoms with Crippen molar-refractivity contribution in [3.05, 3.63) is 0 Å². The van der Waals surface area contributed by atoms with Gasteiger partial charge >= 0.3 is 0 Å². The standard InChI is InChI=1S/C8H17N5O/c1-5(2)10-8-11-7(9)13(12-8)4-6(3)14/h5-6,14H,4H2,1-3H3,(H3,9,10,11,12). The molecule has 0 radical (unpaired) electrons. The lowest BCUT2D eigenvalue weighted by Gasteiger charge is -2.05. The zero-order valence-corrected chi connectivity index (χ0v) is 8.73. The number of nitrogen functional groups attached to an aromatic ring is 1. The van der Waals surface area contributed by atoms with Crippen LogP contribution in [0.15, 0.2) is 0 Å². The average molecular weight is 199 g/mol. The van der Waals surface area contributed by atoms with Crippen LogP contribution in [-0.4, -0.2) is 32.0 Å². The summed E-state index contributed by atoms with van der Waals surface area (Å²) in [6.07, 6.45) is -0.481. The highest BCUT2D eigenvalue weighted by molar-refractivity contribution is 5.31. The first-order chi connectivity index (χ1) is 6.49. The van der Waals surface area contributed by atoms with Gasteiger partial charge in [0.05, 0.1) is 12.6 Å². The van der Waals surface area contributed by atoms with Crippen LogP contribution >= 0.6 is 0 Å². The topological polar surface area (TPSA) is 89.0 Å². The molecule has 14 heavy (non-hydrogen) atoms. The number of nitrogens with zero attached hydrogens (tertiary/aromatic N) is 3. The van der Waals surface area contributed by atoms with Gasteiger partial charge in [-0.25, -0.2) is 4.68 Å². The molecule has 0 amide bonds. The number of aliphatic hydroxyl groups excluding tert-OH is 1. The zero-order valence-electron chi connectivity index (χ0n) is 8.73. The molecule has 0 aliphatic carbocycles. The quantitative estimate of drug-likeness (QED) is 0.638. The second-order valence-corrected chi connectivity index (χ2v) is 3.62. The van der Waals surface area contributed by atoms with Gasteiger partial charge in [0, 0.05) is 6.04 Å². The first kappa shape index (κ1) is 10.8. The summed E-state index contributed by atoms with van der Waals surface area (Å²) in [6.45, 7) is 6.02. The van der Waals surface area contributed by atoms with Crippen LogP contribution in [-0.2, 0) is 6.54 Å². The van der Waals surface area contributed by atoms with E-state index in [-0.39, 0.29) is 6.04 Å². The molecule has 1 heterocycles. The van der Waals surface area contributed by atoms with Crippen molar-refractivity contribution in [3.63, 3.8) is 0 Å². The van der Waals surface area contributed by atoms with Gasteiger partial charge in [0.15, 0.2) is 0 Å². The minimum Gasteiger partial charge on any atom is -0.391 e. The first-order valence-electron chi connectivity index (χ1n) is 4.64. The molecule has 1 aromatic rings. The van der Waals surface area contributed by atoms with E-state index in [9.17, 15) is 0 Å². The summed E-state index contributed by atoms with van der Waals surface area (Å²) in [5, 5.41) is 16.3. The molecule has 1 atom stereocenters. The fourth-order valence-electron chi connectivity index (χ4n) is 1.06. The number of nitrogens with one attached hydrogen (secondary N) is 1. The molecule has 1 unspecified atom stereocenters. The van der Waals surface area contributed by atoms with Crippen molar-refractivity contribution in [2.24, 2.45) is 0 Å². The van der Waals surface area contributed by atoms with Crippen LogP contribution in [0.3, 0.4) is 0 Å². The maximum Gasteiger partial charge on any atom is 0.244 e. The van der Waals surface area contributed by atoms with Gasteiger partial charge in [-0.3, -0.25) is 0 Å². The SMILES string of the molecule is CC(O)Cn1nc(NC(C)C)nc1N. The van der Waals surface area contributed by atoms with Crippen LogP contribution in [0, 0.1) is 0 Å². The van der Waals surface area contributed by atoms with E-state index in [2.05, 4.69) is 15.4 Å². The van der Waals surface area contributed by atoms with Gasteiger partial charge in [-0.05, 0) is 20.8 Å². The van der Waals surface area contributed by atoms with E-state index in [4.69, 9.17) is 10.8 Å². The second kappa shape index (κ2) is 4.28. The lowest BCUT2D eigenvalue weighted by molar-refractivity contribution is 0.169. The number of hydrogen-bond donors (Lipinski definition) is 3. The Labute approximate surface area is 83.1 Å². The van der Waals surface area contributed by atoms with Gasteiger partial charge in [-0.1, -0.05) is 0 Å². The molecule has 0 saturated carbocycles. The van der Waals surface area contributed by atoms with Gasteiger partial charge in [0.2, 0.25) is 11.9 Å². The Morgan fingerprint density at radius 2 is 2.14 bits per heavy atom. The molecule has 6 nitrogen and oxygen atoms in total. The van der Waals surface area contributed by atoms with Crippen LogP contribution in [0.5, 0.6) is 0 Å². The van der Waals surface area contributed by atoms with Crippen molar-refractivity contribution in [2.45, 2.75) is 39.5 Å². The Hall–Kier alpha value is -1.30. The summed E-state index contributed by atoms with van der Waals surface area (Å²) in [5.41, 5.74) is 5.60. The summed E-state index contributed by atoms with van der Waals surface area (Å²) in [7, 11) is 0. The van der Waals surface area contributed by atoms with E-state index in [1.54, 1.807) is 6.92 Å². The molecule has 80 valence electrons. The fraction of sp³-hybridized carbons (Fsp3) is 0.750. The molecule has 0 aliphatic rings. The van der Waals surface area contributed by atoms with E-state index in [0.717, 1.165) is 0 Å². The van der Waals surface area contributed by atoms with Crippen LogP contribution in [0.1, 0.15) is 20.8 Å². The monoisotopic (exact) mass is 199 g/mol. The summed E-state index contributed by atoms with van der Waals surface area (Å²) in [4.78, 5) is 4.01. The van der Waals surface area contributed by atoms with E-state index < -0.39 is 6.10 Å². The fourth-order valence-corrected chi connectivity index (χ4v) is 1.06. The minimum absolute atomic E-state index is 0.261. The van der Waals surface area contributed by atoms with E-state index in [1.165, 1.54) is 4.68 Å². The van der Waals surface area contributed by atoms with E-state index >= 15 is 0 Å². The average Bonchev–Trinajstić information content (AvgIpc) is 2.28. The third kappa shape index (κ3) is 2.88. The summed E-state index contributed by atoms with van der Waals surface area (Å²) >= 11 is 0. The number of anilines is 2. The van der Waals surface area contributed by atoms with Crippen LogP contribution < -0.4 is 11.1 Å². The van der Waals surface area contributed by atoms with Gasteiger partial charge in [0.1, 0.15) is 0 Å². The maximum atomic E-state index is 9.16. The van der Waals surface area contributed by atoms with Crippen molar-refractivity contribution in [1.29, 1.82) is 0 Å². The van der Waals surface area contributed by atoms with Gasteiger partial charge < -0.3 is 16.2 Å². The predicted molar refractivity (Wildman–Crippen MR) is 54.9 cm³/mol. The van der Waals surface area contributed by atoms with Gasteiger partial charge in [-0.15, -0.1) is 5.10 Å². The third-order valence-electron chi connectivity index (χ3n) is 1.56. The van der Waals surface area contributed by atoms with E-state index in [1.807, 2.05) is 13.8 Å². The molecule has 1 rings (SSSR count).